The number of aryl methyl sites for hydroxylation is 1. The Bertz CT molecular complexity index is 591. The molecule has 0 aromatic heterocycles. The lowest BCUT2D eigenvalue weighted by molar-refractivity contribution is 0.260. The molecule has 0 heterocycles. The molecule has 0 aliphatic heterocycles. The highest BCUT2D eigenvalue weighted by Gasteiger charge is 2.28. The normalized spacial score (nSPS) is 17.8. The lowest BCUT2D eigenvalue weighted by Crippen LogP contribution is -2.40. The number of benzene rings is 1. The Hall–Kier alpha value is -0.910. The largest absolute Gasteiger partial charge is 0.392 e. The van der Waals surface area contributed by atoms with Crippen LogP contribution < -0.4 is 4.72 Å². The topological polar surface area (TPSA) is 66.4 Å². The van der Waals surface area contributed by atoms with Crippen molar-refractivity contribution < 1.29 is 13.5 Å². The molecule has 5 heteroatoms. The van der Waals surface area contributed by atoms with Gasteiger partial charge in [-0.1, -0.05) is 12.5 Å². The highest BCUT2D eigenvalue weighted by atomic mass is 32.2. The Morgan fingerprint density at radius 1 is 1.35 bits per heavy atom. The summed E-state index contributed by atoms with van der Waals surface area (Å²) < 4.78 is 27.9. The zero-order valence-corrected chi connectivity index (χ0v) is 13.1. The maximum Gasteiger partial charge on any atom is 0.241 e. The van der Waals surface area contributed by atoms with Crippen LogP contribution >= 0.6 is 0 Å². The summed E-state index contributed by atoms with van der Waals surface area (Å²) >= 11 is 0. The second-order valence-electron chi connectivity index (χ2n) is 5.79. The van der Waals surface area contributed by atoms with Gasteiger partial charge < -0.3 is 5.11 Å². The van der Waals surface area contributed by atoms with Gasteiger partial charge in [-0.3, -0.25) is 0 Å². The van der Waals surface area contributed by atoms with E-state index in [9.17, 15) is 13.5 Å². The number of aliphatic hydroxyl groups is 1. The van der Waals surface area contributed by atoms with Crippen LogP contribution in [0.1, 0.15) is 42.9 Å². The van der Waals surface area contributed by atoms with Crippen molar-refractivity contribution in [3.63, 3.8) is 0 Å². The lowest BCUT2D eigenvalue weighted by Gasteiger charge is -2.31. The number of aliphatic hydroxyl groups excluding tert-OH is 1. The zero-order valence-electron chi connectivity index (χ0n) is 12.3. The molecule has 20 heavy (non-hydrogen) atoms. The average Bonchev–Trinajstić information content (AvgIpc) is 2.29. The fraction of sp³-hybridized carbons (Fsp3) is 0.600. The van der Waals surface area contributed by atoms with Crippen molar-refractivity contribution in [3.05, 3.63) is 28.8 Å². The van der Waals surface area contributed by atoms with E-state index in [0.717, 1.165) is 24.0 Å². The molecule has 1 unspecified atom stereocenters. The van der Waals surface area contributed by atoms with Gasteiger partial charge in [0.25, 0.3) is 0 Å². The molecule has 1 aromatic carbocycles. The molecule has 0 saturated heterocycles. The van der Waals surface area contributed by atoms with Crippen molar-refractivity contribution >= 4 is 10.0 Å². The van der Waals surface area contributed by atoms with Gasteiger partial charge in [-0.05, 0) is 62.3 Å². The van der Waals surface area contributed by atoms with Gasteiger partial charge >= 0.3 is 0 Å². The molecule has 1 saturated carbocycles. The molecule has 0 amide bonds. The molecule has 0 spiro atoms. The van der Waals surface area contributed by atoms with Crippen LogP contribution in [0.25, 0.3) is 0 Å². The van der Waals surface area contributed by atoms with Crippen molar-refractivity contribution in [3.8, 4) is 0 Å². The van der Waals surface area contributed by atoms with Gasteiger partial charge in [0.05, 0.1) is 11.5 Å². The van der Waals surface area contributed by atoms with Gasteiger partial charge in [-0.15, -0.1) is 0 Å². The van der Waals surface area contributed by atoms with Gasteiger partial charge in [-0.2, -0.15) is 0 Å². The Morgan fingerprint density at radius 3 is 2.50 bits per heavy atom. The highest BCUT2D eigenvalue weighted by Crippen LogP contribution is 2.30. The van der Waals surface area contributed by atoms with E-state index in [-0.39, 0.29) is 17.5 Å². The minimum absolute atomic E-state index is 0.0359. The predicted octanol–water partition coefficient (Wildman–Crippen LogP) is 2.26. The van der Waals surface area contributed by atoms with Gasteiger partial charge in [0.1, 0.15) is 0 Å². The van der Waals surface area contributed by atoms with Gasteiger partial charge in [-0.25, -0.2) is 13.1 Å². The Balaban J connectivity index is 2.30. The average molecular weight is 297 g/mol. The quantitative estimate of drug-likeness (QED) is 0.876. The summed E-state index contributed by atoms with van der Waals surface area (Å²) in [6, 6.07) is 3.35. The van der Waals surface area contributed by atoms with E-state index in [1.165, 1.54) is 6.42 Å². The van der Waals surface area contributed by atoms with Gasteiger partial charge in [0, 0.05) is 6.04 Å². The van der Waals surface area contributed by atoms with Crippen LogP contribution in [0.4, 0.5) is 0 Å². The van der Waals surface area contributed by atoms with Crippen LogP contribution in [0, 0.1) is 19.8 Å². The van der Waals surface area contributed by atoms with Crippen molar-refractivity contribution in [2.75, 3.05) is 0 Å². The lowest BCUT2D eigenvalue weighted by atomic mass is 9.81. The summed E-state index contributed by atoms with van der Waals surface area (Å²) in [7, 11) is -3.53. The molecule has 1 aromatic rings. The van der Waals surface area contributed by atoms with Crippen LogP contribution in [0.2, 0.25) is 0 Å². The molecule has 4 nitrogen and oxygen atoms in total. The molecule has 1 fully saturated rings. The number of nitrogens with one attached hydrogen (secondary N) is 1. The van der Waals surface area contributed by atoms with Crippen molar-refractivity contribution in [2.45, 2.75) is 57.6 Å². The molecule has 0 radical (unpaired) electrons. The first kappa shape index (κ1) is 15.5. The smallest absolute Gasteiger partial charge is 0.241 e. The van der Waals surface area contributed by atoms with Crippen LogP contribution in [-0.4, -0.2) is 19.6 Å². The summed E-state index contributed by atoms with van der Waals surface area (Å²) in [4.78, 5) is 0.285. The Kier molecular flexibility index (Phi) is 4.52. The van der Waals surface area contributed by atoms with E-state index in [2.05, 4.69) is 4.72 Å². The third-order valence-corrected chi connectivity index (χ3v) is 6.03. The Morgan fingerprint density at radius 2 is 2.00 bits per heavy atom. The predicted molar refractivity (Wildman–Crippen MR) is 79.0 cm³/mol. The number of hydrogen-bond donors (Lipinski definition) is 2. The standard InChI is InChI=1S/C15H23NO3S/c1-10-7-13(9-17)8-15(11(10)2)20(18,19)16-12(3)14-5-4-6-14/h7-8,12,14,16-17H,4-6,9H2,1-3H3. The third kappa shape index (κ3) is 3.05. The molecule has 1 aliphatic carbocycles. The van der Waals surface area contributed by atoms with Crippen LogP contribution in [-0.2, 0) is 16.6 Å². The monoisotopic (exact) mass is 297 g/mol. The van der Waals surface area contributed by atoms with E-state index >= 15 is 0 Å². The van der Waals surface area contributed by atoms with Crippen LogP contribution in [0.3, 0.4) is 0 Å². The summed E-state index contributed by atoms with van der Waals surface area (Å²) in [5, 5.41) is 9.25. The summed E-state index contributed by atoms with van der Waals surface area (Å²) in [6.45, 7) is 5.45. The van der Waals surface area contributed by atoms with Crippen LogP contribution in [0.15, 0.2) is 17.0 Å². The fourth-order valence-electron chi connectivity index (χ4n) is 2.61. The summed E-state index contributed by atoms with van der Waals surface area (Å²) in [5.74, 6) is 0.451. The van der Waals surface area contributed by atoms with E-state index in [0.29, 0.717) is 11.5 Å². The minimum Gasteiger partial charge on any atom is -0.392 e. The third-order valence-electron chi connectivity index (χ3n) is 4.35. The van der Waals surface area contributed by atoms with Gasteiger partial charge in [0.15, 0.2) is 0 Å². The van der Waals surface area contributed by atoms with Gasteiger partial charge in [0.2, 0.25) is 10.0 Å². The Labute approximate surface area is 121 Å². The van der Waals surface area contributed by atoms with E-state index in [1.54, 1.807) is 13.0 Å². The van der Waals surface area contributed by atoms with Crippen molar-refractivity contribution in [1.82, 2.24) is 4.72 Å². The maximum atomic E-state index is 12.5. The second kappa shape index (κ2) is 5.84. The molecule has 2 N–H and O–H groups in total. The fourth-order valence-corrected chi connectivity index (χ4v) is 4.29. The first-order valence-corrected chi connectivity index (χ1v) is 8.57. The van der Waals surface area contributed by atoms with Crippen molar-refractivity contribution in [2.24, 2.45) is 5.92 Å². The van der Waals surface area contributed by atoms with E-state index < -0.39 is 10.0 Å². The first-order chi connectivity index (χ1) is 9.35. The van der Waals surface area contributed by atoms with Crippen LogP contribution in [0.5, 0.6) is 0 Å². The molecule has 2 rings (SSSR count). The van der Waals surface area contributed by atoms with Crippen molar-refractivity contribution in [1.29, 1.82) is 0 Å². The summed E-state index contributed by atoms with van der Waals surface area (Å²) in [5.41, 5.74) is 2.26. The maximum absolute atomic E-state index is 12.5. The number of rotatable bonds is 5. The highest BCUT2D eigenvalue weighted by molar-refractivity contribution is 7.89. The van der Waals surface area contributed by atoms with E-state index in [1.807, 2.05) is 19.9 Å². The minimum atomic E-state index is -3.53. The zero-order chi connectivity index (χ0) is 14.9. The summed E-state index contributed by atoms with van der Waals surface area (Å²) in [6.07, 6.45) is 3.38. The molecular weight excluding hydrogens is 274 g/mol. The number of sulfonamides is 1. The molecular formula is C15H23NO3S. The van der Waals surface area contributed by atoms with E-state index in [4.69, 9.17) is 0 Å². The molecule has 0 bridgehead atoms. The molecule has 112 valence electrons. The molecule has 1 atom stereocenters. The first-order valence-electron chi connectivity index (χ1n) is 7.08. The second-order valence-corrected chi connectivity index (χ2v) is 7.48. The SMILES string of the molecule is Cc1cc(CO)cc(S(=O)(=O)NC(C)C2CCC2)c1C. The molecule has 1 aliphatic rings. The number of hydrogen-bond acceptors (Lipinski definition) is 3.